The minimum atomic E-state index is -4.40. The molecular weight excluding hydrogens is 978 g/mol. The van der Waals surface area contributed by atoms with Crippen LogP contribution in [0.4, 0.5) is 0 Å². The van der Waals surface area contributed by atoms with E-state index >= 15 is 0 Å². The summed E-state index contributed by atoms with van der Waals surface area (Å²) in [6.45, 7) is 3.49. The van der Waals surface area contributed by atoms with Crippen LogP contribution >= 0.6 is 7.82 Å². The van der Waals surface area contributed by atoms with E-state index in [0.29, 0.717) is 12.8 Å². The molecule has 0 aliphatic rings. The SMILES string of the molecule is CC/C=C\C/C=C\C/C=C\C/C=C\C/C=C\C/C=C\C/C=C\C/C=C\CCCCCCCCCCCCCCC(=O)OC(COC(=O)CCCCCCCC/C=C\C/C=C\C/C=C\C/C=C\CC)COP(=O)(O)OCCN. The monoisotopic (exact) mass is 1090 g/mol. The molecule has 0 aliphatic carbocycles. The Morgan fingerprint density at radius 2 is 0.675 bits per heavy atom. The molecule has 0 saturated heterocycles. The number of nitrogens with two attached hydrogens (primary N) is 1. The van der Waals surface area contributed by atoms with E-state index in [1.165, 1.54) is 51.4 Å². The summed E-state index contributed by atoms with van der Waals surface area (Å²) in [5.41, 5.74) is 5.38. The maximum absolute atomic E-state index is 12.7. The number of carbonyl (C=O) groups is 2. The van der Waals surface area contributed by atoms with Crippen molar-refractivity contribution in [2.75, 3.05) is 26.4 Å². The molecule has 436 valence electrons. The smallest absolute Gasteiger partial charge is 0.462 e. The predicted molar refractivity (Wildman–Crippen MR) is 330 cm³/mol. The van der Waals surface area contributed by atoms with Gasteiger partial charge in [-0.25, -0.2) is 4.57 Å². The molecule has 0 amide bonds. The van der Waals surface area contributed by atoms with Gasteiger partial charge in [0.15, 0.2) is 6.10 Å². The van der Waals surface area contributed by atoms with E-state index in [-0.39, 0.29) is 32.6 Å². The Morgan fingerprint density at radius 1 is 0.390 bits per heavy atom. The summed E-state index contributed by atoms with van der Waals surface area (Å²) in [6, 6.07) is 0. The summed E-state index contributed by atoms with van der Waals surface area (Å²) >= 11 is 0. The van der Waals surface area contributed by atoms with Crippen LogP contribution in [-0.2, 0) is 32.7 Å². The van der Waals surface area contributed by atoms with Crippen molar-refractivity contribution in [2.24, 2.45) is 5.73 Å². The summed E-state index contributed by atoms with van der Waals surface area (Å²) in [5, 5.41) is 0. The van der Waals surface area contributed by atoms with Crippen molar-refractivity contribution in [3.05, 3.63) is 146 Å². The molecule has 0 aromatic carbocycles. The predicted octanol–water partition coefficient (Wildman–Crippen LogP) is 19.5. The standard InChI is InChI=1S/C67H110NO8P/c1-3-5-7-9-11-13-15-17-19-21-23-24-25-26-27-28-29-30-31-32-33-34-35-36-37-38-39-40-42-44-46-48-50-52-54-56-58-60-67(70)76-65(64-75-77(71,72)74-62-61-68)63-73-66(69)59-57-55-53-51-49-47-45-43-41-22-20-18-16-14-12-10-8-6-4-2/h5-8,11-14,17-20,23-24,26-27,29-30,32-33,35-36,41,43,65H,3-4,9-10,15-16,21-22,25,28,31,34,37-40,42,44-64,68H2,1-2H3,(H,71,72)/b7-5-,8-6-,13-11-,14-12-,19-17-,20-18-,24-23-,27-26-,30-29-,33-32-,36-35-,43-41-. The second-order valence-electron chi connectivity index (χ2n) is 19.5. The average molecular weight is 1090 g/mol. The van der Waals surface area contributed by atoms with E-state index in [9.17, 15) is 19.0 Å². The lowest BCUT2D eigenvalue weighted by atomic mass is 10.0. The Labute approximate surface area is 471 Å². The first kappa shape index (κ1) is 72.9. The van der Waals surface area contributed by atoms with Crippen LogP contribution in [0.5, 0.6) is 0 Å². The van der Waals surface area contributed by atoms with Gasteiger partial charge in [0.1, 0.15) is 6.61 Å². The maximum atomic E-state index is 12.7. The molecule has 77 heavy (non-hydrogen) atoms. The number of esters is 2. The van der Waals surface area contributed by atoms with Crippen molar-refractivity contribution in [1.29, 1.82) is 0 Å². The molecule has 0 aliphatic heterocycles. The van der Waals surface area contributed by atoms with Gasteiger partial charge in [-0.15, -0.1) is 0 Å². The second kappa shape index (κ2) is 61.1. The number of phosphoric ester groups is 1. The van der Waals surface area contributed by atoms with Crippen molar-refractivity contribution in [2.45, 2.75) is 238 Å². The summed E-state index contributed by atoms with van der Waals surface area (Å²) in [7, 11) is -4.40. The van der Waals surface area contributed by atoms with E-state index in [2.05, 4.69) is 160 Å². The lowest BCUT2D eigenvalue weighted by Gasteiger charge is -2.19. The number of carbonyl (C=O) groups excluding carboxylic acids is 2. The molecule has 0 aromatic rings. The molecule has 0 rings (SSSR count). The summed E-state index contributed by atoms with van der Waals surface area (Å²) < 4.78 is 33.0. The van der Waals surface area contributed by atoms with Gasteiger partial charge in [-0.1, -0.05) is 250 Å². The van der Waals surface area contributed by atoms with Crippen LogP contribution in [0.15, 0.2) is 146 Å². The summed E-state index contributed by atoms with van der Waals surface area (Å²) in [6.07, 6.45) is 87.6. The van der Waals surface area contributed by atoms with Crippen molar-refractivity contribution in [3.63, 3.8) is 0 Å². The number of hydrogen-bond donors (Lipinski definition) is 2. The second-order valence-corrected chi connectivity index (χ2v) is 20.9. The van der Waals surface area contributed by atoms with Gasteiger partial charge in [0, 0.05) is 19.4 Å². The molecule has 0 spiro atoms. The van der Waals surface area contributed by atoms with Crippen molar-refractivity contribution < 1.29 is 37.6 Å². The Balaban J connectivity index is 3.98. The van der Waals surface area contributed by atoms with E-state index in [0.717, 1.165) is 141 Å². The first-order valence-electron chi connectivity index (χ1n) is 30.3. The van der Waals surface area contributed by atoms with Gasteiger partial charge < -0.3 is 20.1 Å². The van der Waals surface area contributed by atoms with Gasteiger partial charge in [0.2, 0.25) is 0 Å². The summed E-state index contributed by atoms with van der Waals surface area (Å²) in [5.74, 6) is -0.854. The van der Waals surface area contributed by atoms with Crippen molar-refractivity contribution >= 4 is 19.8 Å². The van der Waals surface area contributed by atoms with Gasteiger partial charge in [0.05, 0.1) is 13.2 Å². The molecule has 0 radical (unpaired) electrons. The number of phosphoric acid groups is 1. The van der Waals surface area contributed by atoms with Gasteiger partial charge >= 0.3 is 19.8 Å². The molecule has 0 heterocycles. The summed E-state index contributed by atoms with van der Waals surface area (Å²) in [4.78, 5) is 35.2. The first-order chi connectivity index (χ1) is 37.8. The molecule has 0 aromatic heterocycles. The quantitative estimate of drug-likeness (QED) is 0.0264. The van der Waals surface area contributed by atoms with Crippen LogP contribution in [0, 0.1) is 0 Å². The van der Waals surface area contributed by atoms with Gasteiger partial charge in [-0.2, -0.15) is 0 Å². The minimum Gasteiger partial charge on any atom is -0.462 e. The van der Waals surface area contributed by atoms with Crippen LogP contribution in [-0.4, -0.2) is 49.3 Å². The fraction of sp³-hybridized carbons (Fsp3) is 0.612. The number of unbranched alkanes of at least 4 members (excludes halogenated alkanes) is 18. The molecule has 0 fully saturated rings. The minimum absolute atomic E-state index is 0.0440. The highest BCUT2D eigenvalue weighted by Crippen LogP contribution is 2.43. The lowest BCUT2D eigenvalue weighted by Crippen LogP contribution is -2.29. The van der Waals surface area contributed by atoms with E-state index in [1.807, 2.05) is 0 Å². The zero-order valence-corrected chi connectivity index (χ0v) is 49.5. The maximum Gasteiger partial charge on any atom is 0.472 e. The number of rotatable bonds is 55. The third kappa shape index (κ3) is 61.0. The van der Waals surface area contributed by atoms with Crippen LogP contribution in [0.25, 0.3) is 0 Å². The van der Waals surface area contributed by atoms with Crippen LogP contribution in [0.3, 0.4) is 0 Å². The fourth-order valence-electron chi connectivity index (χ4n) is 7.82. The Hall–Kier alpha value is -4.11. The first-order valence-corrected chi connectivity index (χ1v) is 31.8. The largest absolute Gasteiger partial charge is 0.472 e. The molecular formula is C67H110NO8P. The zero-order chi connectivity index (χ0) is 55.9. The normalized spacial score (nSPS) is 14.1. The molecule has 9 nitrogen and oxygen atoms in total. The third-order valence-electron chi connectivity index (χ3n) is 12.2. The Bertz CT molecular complexity index is 1770. The van der Waals surface area contributed by atoms with Gasteiger partial charge in [-0.3, -0.25) is 18.6 Å². The zero-order valence-electron chi connectivity index (χ0n) is 48.6. The molecule has 10 heteroatoms. The highest BCUT2D eigenvalue weighted by molar-refractivity contribution is 7.47. The third-order valence-corrected chi connectivity index (χ3v) is 13.2. The van der Waals surface area contributed by atoms with Crippen LogP contribution < -0.4 is 5.73 Å². The number of hydrogen-bond acceptors (Lipinski definition) is 8. The van der Waals surface area contributed by atoms with E-state index in [4.69, 9.17) is 24.3 Å². The van der Waals surface area contributed by atoms with E-state index in [1.54, 1.807) is 0 Å². The topological polar surface area (TPSA) is 134 Å². The molecule has 0 bridgehead atoms. The van der Waals surface area contributed by atoms with Crippen molar-refractivity contribution in [1.82, 2.24) is 0 Å². The number of allylic oxidation sites excluding steroid dienone is 24. The van der Waals surface area contributed by atoms with Gasteiger partial charge in [0.25, 0.3) is 0 Å². The number of ether oxygens (including phenoxy) is 2. The average Bonchev–Trinajstić information content (AvgIpc) is 3.42. The molecule has 3 N–H and O–H groups in total. The highest BCUT2D eigenvalue weighted by Gasteiger charge is 2.26. The van der Waals surface area contributed by atoms with Crippen LogP contribution in [0.2, 0.25) is 0 Å². The molecule has 2 unspecified atom stereocenters. The molecule has 2 atom stereocenters. The molecule has 0 saturated carbocycles. The fourth-order valence-corrected chi connectivity index (χ4v) is 8.58. The Kier molecular flexibility index (Phi) is 57.8. The van der Waals surface area contributed by atoms with E-state index < -0.39 is 32.5 Å². The highest BCUT2D eigenvalue weighted by atomic mass is 31.2. The van der Waals surface area contributed by atoms with Gasteiger partial charge in [-0.05, 0) is 116 Å². The Morgan fingerprint density at radius 3 is 1.00 bits per heavy atom. The van der Waals surface area contributed by atoms with Crippen LogP contribution in [0.1, 0.15) is 232 Å². The van der Waals surface area contributed by atoms with Crippen molar-refractivity contribution in [3.8, 4) is 0 Å². The lowest BCUT2D eigenvalue weighted by molar-refractivity contribution is -0.161.